The summed E-state index contributed by atoms with van der Waals surface area (Å²) in [5.74, 6) is -1.01. The van der Waals surface area contributed by atoms with Crippen molar-refractivity contribution in [1.82, 2.24) is 5.32 Å². The quantitative estimate of drug-likeness (QED) is 0.661. The van der Waals surface area contributed by atoms with Crippen LogP contribution in [0.1, 0.15) is 55.3 Å². The zero-order chi connectivity index (χ0) is 15.2. The molecule has 6 nitrogen and oxygen atoms in total. The lowest BCUT2D eigenvalue weighted by Gasteiger charge is -2.21. The fourth-order valence-corrected chi connectivity index (χ4v) is 2.73. The first-order valence-corrected chi connectivity index (χ1v) is 7.37. The van der Waals surface area contributed by atoms with E-state index in [1.807, 2.05) is 0 Å². The van der Waals surface area contributed by atoms with Crippen molar-refractivity contribution in [2.45, 2.75) is 51.0 Å². The minimum atomic E-state index is -0.693. The SMILES string of the molecule is O=C(NC1CCCCCCC1)c1cccc([N+](=O)[O-])c1O. The van der Waals surface area contributed by atoms with Crippen LogP contribution in [0.5, 0.6) is 5.75 Å². The molecule has 2 N–H and O–H groups in total. The van der Waals surface area contributed by atoms with Gasteiger partial charge >= 0.3 is 5.69 Å². The van der Waals surface area contributed by atoms with Gasteiger partial charge in [0.05, 0.1) is 10.5 Å². The highest BCUT2D eigenvalue weighted by Gasteiger charge is 2.22. The molecule has 6 heteroatoms. The number of nitro benzene ring substituents is 1. The van der Waals surface area contributed by atoms with E-state index in [0.29, 0.717) is 0 Å². The minimum Gasteiger partial charge on any atom is -0.502 e. The third-order valence-electron chi connectivity index (χ3n) is 3.90. The predicted molar refractivity (Wildman–Crippen MR) is 78.3 cm³/mol. The van der Waals surface area contributed by atoms with Gasteiger partial charge in [-0.1, -0.05) is 38.2 Å². The Labute approximate surface area is 123 Å². The summed E-state index contributed by atoms with van der Waals surface area (Å²) in [6, 6.07) is 4.07. The van der Waals surface area contributed by atoms with Crippen molar-refractivity contribution in [2.24, 2.45) is 0 Å². The standard InChI is InChI=1S/C15H20N2O4/c18-14-12(9-6-10-13(14)17(20)21)15(19)16-11-7-4-2-1-3-5-8-11/h6,9-11,18H,1-5,7-8H2,(H,16,19). The highest BCUT2D eigenvalue weighted by molar-refractivity contribution is 5.98. The highest BCUT2D eigenvalue weighted by atomic mass is 16.6. The van der Waals surface area contributed by atoms with Crippen LogP contribution in [0, 0.1) is 10.1 Å². The average molecular weight is 292 g/mol. The van der Waals surface area contributed by atoms with Crippen molar-refractivity contribution in [3.8, 4) is 5.75 Å². The molecule has 1 aliphatic carbocycles. The summed E-state index contributed by atoms with van der Waals surface area (Å²) in [5, 5.41) is 23.5. The molecule has 0 spiro atoms. The molecule has 1 fully saturated rings. The molecule has 1 amide bonds. The van der Waals surface area contributed by atoms with Crippen LogP contribution in [-0.4, -0.2) is 22.0 Å². The van der Waals surface area contributed by atoms with Gasteiger partial charge in [0.25, 0.3) is 5.91 Å². The molecule has 1 aromatic rings. The molecule has 0 atom stereocenters. The van der Waals surface area contributed by atoms with E-state index in [1.165, 1.54) is 37.5 Å². The Hall–Kier alpha value is -2.11. The van der Waals surface area contributed by atoms with E-state index >= 15 is 0 Å². The van der Waals surface area contributed by atoms with E-state index in [2.05, 4.69) is 5.32 Å². The topological polar surface area (TPSA) is 92.5 Å². The second kappa shape index (κ2) is 7.06. The number of phenols is 1. The van der Waals surface area contributed by atoms with E-state index in [0.717, 1.165) is 25.7 Å². The van der Waals surface area contributed by atoms with Gasteiger partial charge in [-0.3, -0.25) is 14.9 Å². The van der Waals surface area contributed by atoms with Crippen LogP contribution in [-0.2, 0) is 0 Å². The molecule has 0 aromatic heterocycles. The van der Waals surface area contributed by atoms with Crippen molar-refractivity contribution < 1.29 is 14.8 Å². The zero-order valence-electron chi connectivity index (χ0n) is 11.9. The van der Waals surface area contributed by atoms with Gasteiger partial charge in [-0.25, -0.2) is 0 Å². The minimum absolute atomic E-state index is 0.0359. The number of nitro groups is 1. The molecule has 1 aromatic carbocycles. The summed E-state index contributed by atoms with van der Waals surface area (Å²) in [5.41, 5.74) is -0.480. The van der Waals surface area contributed by atoms with Crippen molar-refractivity contribution in [1.29, 1.82) is 0 Å². The van der Waals surface area contributed by atoms with Crippen molar-refractivity contribution in [3.05, 3.63) is 33.9 Å². The van der Waals surface area contributed by atoms with E-state index in [-0.39, 0.29) is 11.6 Å². The maximum atomic E-state index is 12.2. The number of nitrogens with one attached hydrogen (secondary N) is 1. The van der Waals surface area contributed by atoms with Gasteiger partial charge in [0.15, 0.2) is 0 Å². The number of nitrogens with zero attached hydrogens (tertiary/aromatic N) is 1. The molecule has 1 aliphatic rings. The first kappa shape index (κ1) is 15.3. The van der Waals surface area contributed by atoms with Gasteiger partial charge in [0.2, 0.25) is 5.75 Å². The second-order valence-electron chi connectivity index (χ2n) is 5.45. The van der Waals surface area contributed by atoms with Gasteiger partial charge in [-0.2, -0.15) is 0 Å². The second-order valence-corrected chi connectivity index (χ2v) is 5.45. The number of hydrogen-bond acceptors (Lipinski definition) is 4. The van der Waals surface area contributed by atoms with Crippen LogP contribution < -0.4 is 5.32 Å². The van der Waals surface area contributed by atoms with Gasteiger partial charge in [-0.15, -0.1) is 0 Å². The number of carbonyl (C=O) groups excluding carboxylic acids is 1. The molecule has 2 rings (SSSR count). The first-order chi connectivity index (χ1) is 10.1. The number of hydrogen-bond donors (Lipinski definition) is 2. The Morgan fingerprint density at radius 1 is 1.19 bits per heavy atom. The summed E-state index contributed by atoms with van der Waals surface area (Å²) in [7, 11) is 0. The van der Waals surface area contributed by atoms with Crippen LogP contribution in [0.2, 0.25) is 0 Å². The number of benzene rings is 1. The highest BCUT2D eigenvalue weighted by Crippen LogP contribution is 2.29. The number of rotatable bonds is 3. The fourth-order valence-electron chi connectivity index (χ4n) is 2.73. The van der Waals surface area contributed by atoms with Crippen LogP contribution >= 0.6 is 0 Å². The monoisotopic (exact) mass is 292 g/mol. The van der Waals surface area contributed by atoms with Crippen LogP contribution in [0.4, 0.5) is 5.69 Å². The normalized spacial score (nSPS) is 16.8. The Kier molecular flexibility index (Phi) is 5.14. The lowest BCUT2D eigenvalue weighted by Crippen LogP contribution is -2.35. The maximum absolute atomic E-state index is 12.2. The van der Waals surface area contributed by atoms with Gasteiger partial charge in [-0.05, 0) is 18.9 Å². The molecule has 0 saturated heterocycles. The molecule has 21 heavy (non-hydrogen) atoms. The molecule has 1 saturated carbocycles. The number of aromatic hydroxyl groups is 1. The third kappa shape index (κ3) is 3.93. The molecule has 0 radical (unpaired) electrons. The largest absolute Gasteiger partial charge is 0.502 e. The van der Waals surface area contributed by atoms with Crippen molar-refractivity contribution >= 4 is 11.6 Å². The smallest absolute Gasteiger partial charge is 0.311 e. The predicted octanol–water partition coefficient (Wildman–Crippen LogP) is 3.14. The van der Waals surface area contributed by atoms with Crippen LogP contribution in [0.25, 0.3) is 0 Å². The molecule has 114 valence electrons. The molecular formula is C15H20N2O4. The average Bonchev–Trinajstić information content (AvgIpc) is 2.41. The number of carbonyl (C=O) groups is 1. The maximum Gasteiger partial charge on any atom is 0.311 e. The van der Waals surface area contributed by atoms with Gasteiger partial charge in [0.1, 0.15) is 0 Å². The fraction of sp³-hybridized carbons (Fsp3) is 0.533. The third-order valence-corrected chi connectivity index (χ3v) is 3.90. The Balaban J connectivity index is 2.09. The van der Waals surface area contributed by atoms with E-state index < -0.39 is 22.3 Å². The van der Waals surface area contributed by atoms with E-state index in [4.69, 9.17) is 0 Å². The molecular weight excluding hydrogens is 272 g/mol. The van der Waals surface area contributed by atoms with Crippen molar-refractivity contribution in [2.75, 3.05) is 0 Å². The summed E-state index contributed by atoms with van der Waals surface area (Å²) < 4.78 is 0. The van der Waals surface area contributed by atoms with Crippen LogP contribution in [0.15, 0.2) is 18.2 Å². The Morgan fingerprint density at radius 2 is 1.81 bits per heavy atom. The molecule has 0 unspecified atom stereocenters. The van der Waals surface area contributed by atoms with E-state index in [1.54, 1.807) is 0 Å². The Morgan fingerprint density at radius 3 is 2.43 bits per heavy atom. The molecule has 0 heterocycles. The lowest BCUT2D eigenvalue weighted by molar-refractivity contribution is -0.385. The van der Waals surface area contributed by atoms with Crippen molar-refractivity contribution in [3.63, 3.8) is 0 Å². The van der Waals surface area contributed by atoms with E-state index in [9.17, 15) is 20.0 Å². The summed E-state index contributed by atoms with van der Waals surface area (Å²) in [6.45, 7) is 0. The summed E-state index contributed by atoms with van der Waals surface area (Å²) in [4.78, 5) is 22.3. The Bertz CT molecular complexity index is 522. The molecule has 0 aliphatic heterocycles. The summed E-state index contributed by atoms with van der Waals surface area (Å²) in [6.07, 6.45) is 7.58. The first-order valence-electron chi connectivity index (χ1n) is 7.37. The zero-order valence-corrected chi connectivity index (χ0v) is 11.9. The number of para-hydroxylation sites is 1. The number of phenolic OH excluding ortho intramolecular Hbond substituents is 1. The molecule has 0 bridgehead atoms. The van der Waals surface area contributed by atoms with Gasteiger partial charge in [0, 0.05) is 12.1 Å². The lowest BCUT2D eigenvalue weighted by atomic mass is 9.96. The summed E-state index contributed by atoms with van der Waals surface area (Å²) >= 11 is 0. The van der Waals surface area contributed by atoms with Gasteiger partial charge < -0.3 is 10.4 Å². The van der Waals surface area contributed by atoms with Crippen LogP contribution in [0.3, 0.4) is 0 Å². The number of amides is 1.